The van der Waals surface area contributed by atoms with Crippen molar-refractivity contribution >= 4 is 22.7 Å². The fourth-order valence-corrected chi connectivity index (χ4v) is 3.19. The fourth-order valence-electron chi connectivity index (χ4n) is 3.19. The molecule has 6 nitrogen and oxygen atoms in total. The van der Waals surface area contributed by atoms with Crippen molar-refractivity contribution in [3.63, 3.8) is 0 Å². The van der Waals surface area contributed by atoms with Crippen LogP contribution >= 0.6 is 0 Å². The number of para-hydroxylation sites is 1. The summed E-state index contributed by atoms with van der Waals surface area (Å²) in [5.74, 6) is 1.76. The van der Waals surface area contributed by atoms with E-state index in [-0.39, 0.29) is 0 Å². The highest BCUT2D eigenvalue weighted by molar-refractivity contribution is 5.86. The number of hydrogen-bond acceptors (Lipinski definition) is 3. The number of aromatic nitrogens is 2. The molecule has 3 N–H and O–H groups in total. The van der Waals surface area contributed by atoms with Crippen LogP contribution in [0.3, 0.4) is 0 Å². The van der Waals surface area contributed by atoms with Gasteiger partial charge >= 0.3 is 0 Å². The summed E-state index contributed by atoms with van der Waals surface area (Å²) in [4.78, 5) is 14.7. The molecule has 0 saturated carbocycles. The number of H-pyrrole nitrogens is 1. The number of aryl methyl sites for hydroxylation is 1. The topological polar surface area (TPSA) is 68.3 Å². The van der Waals surface area contributed by atoms with Crippen LogP contribution in [0.5, 0.6) is 0 Å². The molecule has 3 aromatic rings. The Morgan fingerprint density at radius 1 is 1.14 bits per heavy atom. The number of nitrogens with one attached hydrogen (secondary N) is 3. The summed E-state index contributed by atoms with van der Waals surface area (Å²) >= 11 is 0. The lowest BCUT2D eigenvalue weighted by atomic mass is 10.1. The van der Waals surface area contributed by atoms with Crippen LogP contribution < -0.4 is 15.5 Å². The Kier molecular flexibility index (Phi) is 6.53. The van der Waals surface area contributed by atoms with E-state index in [1.165, 1.54) is 22.0 Å². The number of anilines is 1. The predicted molar refractivity (Wildman–Crippen MR) is 118 cm³/mol. The molecule has 0 aliphatic rings. The maximum absolute atomic E-state index is 4.69. The number of guanidine groups is 1. The summed E-state index contributed by atoms with van der Waals surface area (Å²) < 4.78 is 0. The number of pyridine rings is 1. The van der Waals surface area contributed by atoms with E-state index in [0.717, 1.165) is 37.0 Å². The van der Waals surface area contributed by atoms with Gasteiger partial charge in [-0.05, 0) is 43.5 Å². The van der Waals surface area contributed by atoms with Gasteiger partial charge in [0, 0.05) is 44.3 Å². The van der Waals surface area contributed by atoms with Crippen molar-refractivity contribution in [1.29, 1.82) is 0 Å². The van der Waals surface area contributed by atoms with E-state index in [1.54, 1.807) is 0 Å². The van der Waals surface area contributed by atoms with Crippen LogP contribution in [-0.2, 0) is 13.0 Å². The average Bonchev–Trinajstić information content (AvgIpc) is 3.11. The van der Waals surface area contributed by atoms with E-state index in [4.69, 9.17) is 0 Å². The Balaban J connectivity index is 1.62. The summed E-state index contributed by atoms with van der Waals surface area (Å²) in [6.07, 6.45) is 3.04. The molecule has 0 amide bonds. The van der Waals surface area contributed by atoms with Gasteiger partial charge in [0.05, 0.1) is 12.2 Å². The van der Waals surface area contributed by atoms with Gasteiger partial charge < -0.3 is 20.5 Å². The normalized spacial score (nSPS) is 11.6. The fraction of sp³-hybridized carbons (Fsp3) is 0.364. The zero-order valence-electron chi connectivity index (χ0n) is 17.2. The third-order valence-electron chi connectivity index (χ3n) is 4.69. The minimum Gasteiger partial charge on any atom is -0.363 e. The zero-order valence-corrected chi connectivity index (χ0v) is 17.2. The third kappa shape index (κ3) is 4.82. The van der Waals surface area contributed by atoms with Gasteiger partial charge in [-0.25, -0.2) is 9.98 Å². The van der Waals surface area contributed by atoms with Crippen molar-refractivity contribution in [2.75, 3.05) is 32.1 Å². The summed E-state index contributed by atoms with van der Waals surface area (Å²) in [7, 11) is 3.99. The highest BCUT2D eigenvalue weighted by Crippen LogP contribution is 2.21. The van der Waals surface area contributed by atoms with Crippen molar-refractivity contribution in [3.8, 4) is 0 Å². The first-order valence-corrected chi connectivity index (χ1v) is 9.79. The van der Waals surface area contributed by atoms with Gasteiger partial charge in [0.25, 0.3) is 0 Å². The minimum absolute atomic E-state index is 0.545. The number of benzene rings is 1. The number of aliphatic imine (C=N–C) groups is 1. The van der Waals surface area contributed by atoms with Gasteiger partial charge in [0.1, 0.15) is 5.82 Å². The second-order valence-corrected chi connectivity index (χ2v) is 7.06. The summed E-state index contributed by atoms with van der Waals surface area (Å²) in [5.41, 5.74) is 4.78. The highest BCUT2D eigenvalue weighted by atomic mass is 15.2. The van der Waals surface area contributed by atoms with E-state index in [0.29, 0.717) is 6.54 Å². The van der Waals surface area contributed by atoms with Gasteiger partial charge in [-0.2, -0.15) is 0 Å². The predicted octanol–water partition coefficient (Wildman–Crippen LogP) is 3.24. The molecule has 2 aromatic heterocycles. The van der Waals surface area contributed by atoms with Crippen molar-refractivity contribution in [1.82, 2.24) is 20.6 Å². The van der Waals surface area contributed by atoms with Crippen LogP contribution in [0, 0.1) is 6.92 Å². The Labute approximate surface area is 167 Å². The first-order valence-electron chi connectivity index (χ1n) is 9.79. The molecule has 2 heterocycles. The van der Waals surface area contributed by atoms with Gasteiger partial charge in [-0.3, -0.25) is 0 Å². The van der Waals surface area contributed by atoms with Crippen LogP contribution in [-0.4, -0.2) is 43.1 Å². The van der Waals surface area contributed by atoms with Crippen LogP contribution in [0.15, 0.2) is 47.6 Å². The Bertz CT molecular complexity index is 941. The van der Waals surface area contributed by atoms with E-state index >= 15 is 0 Å². The minimum atomic E-state index is 0.545. The van der Waals surface area contributed by atoms with Gasteiger partial charge in [0.15, 0.2) is 5.96 Å². The standard InChI is InChI=1S/C22H30N6/c1-5-23-22(26-15-18-9-7-11-20(27-18)28(3)4)24-13-12-17-14-25-21-16(2)8-6-10-19(17)21/h6-11,14,25H,5,12-13,15H2,1-4H3,(H2,23,24,26). The molecule has 0 spiro atoms. The van der Waals surface area contributed by atoms with E-state index in [9.17, 15) is 0 Å². The van der Waals surface area contributed by atoms with E-state index < -0.39 is 0 Å². The monoisotopic (exact) mass is 378 g/mol. The third-order valence-corrected chi connectivity index (χ3v) is 4.69. The molecular formula is C22H30N6. The first kappa shape index (κ1) is 19.7. The van der Waals surface area contributed by atoms with Crippen molar-refractivity contribution < 1.29 is 0 Å². The van der Waals surface area contributed by atoms with Crippen molar-refractivity contribution in [2.45, 2.75) is 26.8 Å². The molecule has 0 aliphatic carbocycles. The van der Waals surface area contributed by atoms with E-state index in [1.807, 2.05) is 37.2 Å². The Morgan fingerprint density at radius 2 is 1.96 bits per heavy atom. The van der Waals surface area contributed by atoms with Crippen molar-refractivity contribution in [2.24, 2.45) is 4.99 Å². The van der Waals surface area contributed by atoms with Crippen molar-refractivity contribution in [3.05, 3.63) is 59.4 Å². The lowest BCUT2D eigenvalue weighted by Gasteiger charge is -2.13. The second-order valence-electron chi connectivity index (χ2n) is 7.06. The number of fused-ring (bicyclic) bond motifs is 1. The van der Waals surface area contributed by atoms with Gasteiger partial charge in [0.2, 0.25) is 0 Å². The molecule has 0 fully saturated rings. The number of rotatable bonds is 7. The molecule has 6 heteroatoms. The second kappa shape index (κ2) is 9.26. The molecular weight excluding hydrogens is 348 g/mol. The number of nitrogens with zero attached hydrogens (tertiary/aromatic N) is 3. The largest absolute Gasteiger partial charge is 0.363 e. The summed E-state index contributed by atoms with van der Waals surface area (Å²) in [6, 6.07) is 12.5. The van der Waals surface area contributed by atoms with Gasteiger partial charge in [-0.1, -0.05) is 24.3 Å². The zero-order chi connectivity index (χ0) is 19.9. The lowest BCUT2D eigenvalue weighted by Crippen LogP contribution is -2.38. The maximum Gasteiger partial charge on any atom is 0.191 e. The summed E-state index contributed by atoms with van der Waals surface area (Å²) in [5, 5.41) is 8.04. The molecule has 148 valence electrons. The summed E-state index contributed by atoms with van der Waals surface area (Å²) in [6.45, 7) is 6.39. The Morgan fingerprint density at radius 3 is 2.75 bits per heavy atom. The highest BCUT2D eigenvalue weighted by Gasteiger charge is 2.06. The van der Waals surface area contributed by atoms with Crippen LogP contribution in [0.4, 0.5) is 5.82 Å². The molecule has 0 bridgehead atoms. The quantitative estimate of drug-likeness (QED) is 0.436. The van der Waals surface area contributed by atoms with Crippen LogP contribution in [0.1, 0.15) is 23.7 Å². The molecule has 0 atom stereocenters. The molecule has 1 aromatic carbocycles. The average molecular weight is 379 g/mol. The molecule has 3 rings (SSSR count). The number of aromatic amines is 1. The van der Waals surface area contributed by atoms with E-state index in [2.05, 4.69) is 63.8 Å². The molecule has 0 radical (unpaired) electrons. The SMILES string of the molecule is CCNC(=NCc1cccc(N(C)C)n1)NCCc1c[nH]c2c(C)cccc12. The smallest absolute Gasteiger partial charge is 0.191 e. The number of hydrogen-bond donors (Lipinski definition) is 3. The van der Waals surface area contributed by atoms with Crippen LogP contribution in [0.25, 0.3) is 10.9 Å². The lowest BCUT2D eigenvalue weighted by molar-refractivity contribution is 0.798. The van der Waals surface area contributed by atoms with Gasteiger partial charge in [-0.15, -0.1) is 0 Å². The Hall–Kier alpha value is -3.02. The molecule has 0 aliphatic heterocycles. The van der Waals surface area contributed by atoms with Crippen LogP contribution in [0.2, 0.25) is 0 Å². The molecule has 28 heavy (non-hydrogen) atoms. The molecule has 0 unspecified atom stereocenters. The molecule has 0 saturated heterocycles. The maximum atomic E-state index is 4.69. The first-order chi connectivity index (χ1) is 13.6.